The monoisotopic (exact) mass is 342 g/mol. The Morgan fingerprint density at radius 3 is 1.73 bits per heavy atom. The molecule has 0 heterocycles. The molecule has 0 unspecified atom stereocenters. The van der Waals surface area contributed by atoms with E-state index in [-0.39, 0.29) is 6.61 Å². The molecule has 0 aliphatic carbocycles. The van der Waals surface area contributed by atoms with Gasteiger partial charge in [-0.25, -0.2) is 4.18 Å². The molecular formula is C14H30O7S. The number of ether oxygens (including phenoxy) is 3. The molecule has 0 aromatic carbocycles. The summed E-state index contributed by atoms with van der Waals surface area (Å²) >= 11 is 0. The van der Waals surface area contributed by atoms with Crippen molar-refractivity contribution in [1.29, 1.82) is 0 Å². The van der Waals surface area contributed by atoms with E-state index in [1.54, 1.807) is 0 Å². The van der Waals surface area contributed by atoms with Gasteiger partial charge in [0.1, 0.15) is 0 Å². The fourth-order valence-corrected chi connectivity index (χ4v) is 2.47. The third-order valence-corrected chi connectivity index (χ3v) is 3.42. The second kappa shape index (κ2) is 12.2. The Balaban J connectivity index is 3.88. The summed E-state index contributed by atoms with van der Waals surface area (Å²) in [5, 5.41) is 0. The third-order valence-electron chi connectivity index (χ3n) is 2.95. The lowest BCUT2D eigenvalue weighted by Gasteiger charge is -2.32. The van der Waals surface area contributed by atoms with Crippen LogP contribution in [0.25, 0.3) is 0 Å². The summed E-state index contributed by atoms with van der Waals surface area (Å²) < 4.78 is 50.3. The van der Waals surface area contributed by atoms with Gasteiger partial charge in [-0.3, -0.25) is 4.55 Å². The Hall–Kier alpha value is -0.250. The summed E-state index contributed by atoms with van der Waals surface area (Å²) in [6.45, 7) is 7.29. The molecule has 0 fully saturated rings. The van der Waals surface area contributed by atoms with Crippen LogP contribution < -0.4 is 0 Å². The molecule has 0 radical (unpaired) electrons. The summed E-state index contributed by atoms with van der Waals surface area (Å²) in [5.74, 6) is -0.952. The van der Waals surface area contributed by atoms with Crippen LogP contribution in [-0.2, 0) is 28.8 Å². The Bertz CT molecular complexity index is 339. The fraction of sp³-hybridized carbons (Fsp3) is 1.00. The molecule has 8 heteroatoms. The molecule has 1 N–H and O–H groups in total. The Morgan fingerprint density at radius 2 is 1.27 bits per heavy atom. The van der Waals surface area contributed by atoms with Crippen LogP contribution in [0.2, 0.25) is 0 Å². The maximum atomic E-state index is 10.4. The zero-order chi connectivity index (χ0) is 16.9. The molecule has 134 valence electrons. The first-order valence-corrected chi connectivity index (χ1v) is 9.29. The van der Waals surface area contributed by atoms with Gasteiger partial charge in [0.25, 0.3) is 5.97 Å². The van der Waals surface area contributed by atoms with Gasteiger partial charge in [-0.15, -0.1) is 0 Å². The van der Waals surface area contributed by atoms with E-state index >= 15 is 0 Å². The van der Waals surface area contributed by atoms with Gasteiger partial charge in [-0.1, -0.05) is 19.3 Å². The van der Waals surface area contributed by atoms with Crippen LogP contribution in [0.5, 0.6) is 0 Å². The maximum Gasteiger partial charge on any atom is 0.397 e. The summed E-state index contributed by atoms with van der Waals surface area (Å²) in [4.78, 5) is 0. The highest BCUT2D eigenvalue weighted by atomic mass is 32.3. The topological polar surface area (TPSA) is 91.3 Å². The molecule has 0 aliphatic rings. The maximum absolute atomic E-state index is 10.4. The second-order valence-electron chi connectivity index (χ2n) is 4.75. The Morgan fingerprint density at radius 1 is 0.818 bits per heavy atom. The normalized spacial score (nSPS) is 12.7. The molecular weight excluding hydrogens is 312 g/mol. The lowest BCUT2D eigenvalue weighted by Crippen LogP contribution is -2.39. The quantitative estimate of drug-likeness (QED) is 0.278. The minimum absolute atomic E-state index is 0.0135. The zero-order valence-corrected chi connectivity index (χ0v) is 14.7. The van der Waals surface area contributed by atoms with Crippen molar-refractivity contribution in [2.24, 2.45) is 0 Å². The van der Waals surface area contributed by atoms with E-state index in [2.05, 4.69) is 4.18 Å². The standard InChI is InChI=1S/C14H30O7S/c1-4-18-14(19-5-2,20-6-3)12-10-8-7-9-11-13-21-22(15,16)17/h4-13H2,1-3H3,(H,15,16,17). The molecule has 0 atom stereocenters. The van der Waals surface area contributed by atoms with Gasteiger partial charge in [0, 0.05) is 26.2 Å². The molecule has 0 amide bonds. The average Bonchev–Trinajstić information content (AvgIpc) is 2.41. The van der Waals surface area contributed by atoms with Crippen LogP contribution in [-0.4, -0.2) is 45.4 Å². The van der Waals surface area contributed by atoms with E-state index in [0.29, 0.717) is 32.7 Å². The van der Waals surface area contributed by atoms with Gasteiger partial charge in [-0.05, 0) is 33.6 Å². The van der Waals surface area contributed by atoms with Crippen LogP contribution in [0.1, 0.15) is 59.3 Å². The molecule has 0 aromatic heterocycles. The van der Waals surface area contributed by atoms with Gasteiger partial charge < -0.3 is 14.2 Å². The third kappa shape index (κ3) is 11.3. The van der Waals surface area contributed by atoms with E-state index < -0.39 is 16.4 Å². The van der Waals surface area contributed by atoms with Crippen LogP contribution >= 0.6 is 0 Å². The lowest BCUT2D eigenvalue weighted by atomic mass is 10.1. The summed E-state index contributed by atoms with van der Waals surface area (Å²) in [6, 6.07) is 0. The first-order chi connectivity index (χ1) is 10.4. The highest BCUT2D eigenvalue weighted by Gasteiger charge is 2.31. The van der Waals surface area contributed by atoms with E-state index in [1.807, 2.05) is 20.8 Å². The first-order valence-electron chi connectivity index (χ1n) is 7.92. The predicted octanol–water partition coefficient (Wildman–Crippen LogP) is 2.91. The first kappa shape index (κ1) is 21.8. The Labute approximate surface area is 134 Å². The minimum atomic E-state index is -4.31. The molecule has 0 bridgehead atoms. The summed E-state index contributed by atoms with van der Waals surface area (Å²) in [7, 11) is -4.31. The lowest BCUT2D eigenvalue weighted by molar-refractivity contribution is -0.380. The van der Waals surface area contributed by atoms with Gasteiger partial charge in [0.05, 0.1) is 6.61 Å². The molecule has 0 rings (SSSR count). The van der Waals surface area contributed by atoms with Crippen molar-refractivity contribution >= 4 is 10.4 Å². The number of hydrogen-bond donors (Lipinski definition) is 1. The van der Waals surface area contributed by atoms with Gasteiger partial charge in [0.2, 0.25) is 0 Å². The molecule has 0 spiro atoms. The summed E-state index contributed by atoms with van der Waals surface area (Å²) in [6.07, 6.45) is 4.87. The van der Waals surface area contributed by atoms with Crippen molar-refractivity contribution in [2.45, 2.75) is 65.3 Å². The van der Waals surface area contributed by atoms with Gasteiger partial charge in [0.15, 0.2) is 0 Å². The highest BCUT2D eigenvalue weighted by Crippen LogP contribution is 2.24. The van der Waals surface area contributed by atoms with E-state index in [4.69, 9.17) is 18.8 Å². The van der Waals surface area contributed by atoms with Crippen LogP contribution in [0, 0.1) is 0 Å². The number of unbranched alkanes of at least 4 members (excludes halogenated alkanes) is 4. The predicted molar refractivity (Wildman–Crippen MR) is 82.8 cm³/mol. The van der Waals surface area contributed by atoms with E-state index in [1.165, 1.54) is 0 Å². The molecule has 0 saturated heterocycles. The van der Waals surface area contributed by atoms with Crippen LogP contribution in [0.3, 0.4) is 0 Å². The van der Waals surface area contributed by atoms with Crippen molar-refractivity contribution in [3.05, 3.63) is 0 Å². The largest absolute Gasteiger partial charge is 0.397 e. The van der Waals surface area contributed by atoms with Crippen LogP contribution in [0.15, 0.2) is 0 Å². The van der Waals surface area contributed by atoms with Gasteiger partial charge >= 0.3 is 10.4 Å². The fourth-order valence-electron chi connectivity index (χ4n) is 2.14. The highest BCUT2D eigenvalue weighted by molar-refractivity contribution is 7.80. The minimum Gasteiger partial charge on any atom is -0.328 e. The van der Waals surface area contributed by atoms with Gasteiger partial charge in [-0.2, -0.15) is 8.42 Å². The van der Waals surface area contributed by atoms with Crippen molar-refractivity contribution in [1.82, 2.24) is 0 Å². The molecule has 22 heavy (non-hydrogen) atoms. The van der Waals surface area contributed by atoms with E-state index in [0.717, 1.165) is 25.7 Å². The Kier molecular flexibility index (Phi) is 12.1. The van der Waals surface area contributed by atoms with Crippen molar-refractivity contribution < 1.29 is 31.4 Å². The molecule has 0 aromatic rings. The number of rotatable bonds is 15. The molecule has 0 aliphatic heterocycles. The van der Waals surface area contributed by atoms with Crippen molar-refractivity contribution in [2.75, 3.05) is 26.4 Å². The number of hydrogen-bond acceptors (Lipinski definition) is 6. The summed E-state index contributed by atoms with van der Waals surface area (Å²) in [5.41, 5.74) is 0. The van der Waals surface area contributed by atoms with E-state index in [9.17, 15) is 8.42 Å². The molecule has 7 nitrogen and oxygen atoms in total. The van der Waals surface area contributed by atoms with Crippen molar-refractivity contribution in [3.63, 3.8) is 0 Å². The second-order valence-corrected chi connectivity index (χ2v) is 5.84. The average molecular weight is 342 g/mol. The zero-order valence-electron chi connectivity index (χ0n) is 13.9. The molecule has 0 saturated carbocycles. The van der Waals surface area contributed by atoms with Crippen molar-refractivity contribution in [3.8, 4) is 0 Å². The SMILES string of the molecule is CCOC(CCCCCCCOS(=O)(=O)O)(OCC)OCC. The smallest absolute Gasteiger partial charge is 0.328 e. The van der Waals surface area contributed by atoms with Crippen LogP contribution in [0.4, 0.5) is 0 Å².